The first-order valence-corrected chi connectivity index (χ1v) is 13.4. The second-order valence-corrected chi connectivity index (χ2v) is 11.7. The number of nitrogens with one attached hydrogen (secondary N) is 1. The smallest absolute Gasteiger partial charge is 0.239 e. The zero-order chi connectivity index (χ0) is 22.7. The molecule has 7 nitrogen and oxygen atoms in total. The predicted octanol–water partition coefficient (Wildman–Crippen LogP) is 3.14. The Morgan fingerprint density at radius 2 is 1.84 bits per heavy atom. The number of hydrogen-bond acceptors (Lipinski definition) is 5. The number of likely N-dealkylation sites (tertiary alicyclic amines) is 1. The molecule has 0 aliphatic carbocycles. The summed E-state index contributed by atoms with van der Waals surface area (Å²) < 4.78 is 25.4. The van der Waals surface area contributed by atoms with Gasteiger partial charge in [-0.05, 0) is 70.5 Å². The number of aryl methyl sites for hydroxylation is 3. The van der Waals surface area contributed by atoms with Crippen LogP contribution in [0.3, 0.4) is 0 Å². The molecule has 2 aromatic rings. The summed E-state index contributed by atoms with van der Waals surface area (Å²) in [6, 6.07) is 10.4. The van der Waals surface area contributed by atoms with Gasteiger partial charge in [-0.1, -0.05) is 29.8 Å². The molecule has 32 heavy (non-hydrogen) atoms. The van der Waals surface area contributed by atoms with E-state index in [9.17, 15) is 13.2 Å². The number of hydrogen-bond donors (Lipinski definition) is 1. The van der Waals surface area contributed by atoms with Crippen LogP contribution in [0.1, 0.15) is 48.5 Å². The zero-order valence-electron chi connectivity index (χ0n) is 19.1. The minimum atomic E-state index is -3.01. The summed E-state index contributed by atoms with van der Waals surface area (Å²) in [6.07, 6.45) is 5.10. The summed E-state index contributed by atoms with van der Waals surface area (Å²) in [5, 5.41) is 7.41. The van der Waals surface area contributed by atoms with Gasteiger partial charge in [0.1, 0.15) is 5.82 Å². The van der Waals surface area contributed by atoms with Crippen LogP contribution in [0.15, 0.2) is 30.3 Å². The van der Waals surface area contributed by atoms with Crippen LogP contribution in [0, 0.1) is 19.8 Å². The number of rotatable bonds is 7. The number of anilines is 1. The summed E-state index contributed by atoms with van der Waals surface area (Å²) in [7, 11) is -3.01. The third-order valence-electron chi connectivity index (χ3n) is 6.72. The van der Waals surface area contributed by atoms with Gasteiger partial charge in [-0.25, -0.2) is 13.1 Å². The fourth-order valence-electron chi connectivity index (χ4n) is 4.80. The third-order valence-corrected chi connectivity index (χ3v) is 8.47. The van der Waals surface area contributed by atoms with Gasteiger partial charge >= 0.3 is 0 Å². The van der Waals surface area contributed by atoms with Gasteiger partial charge in [-0.2, -0.15) is 5.10 Å². The maximum absolute atomic E-state index is 12.7. The molecule has 0 spiro atoms. The Kier molecular flexibility index (Phi) is 7.00. The van der Waals surface area contributed by atoms with E-state index in [0.29, 0.717) is 24.7 Å². The van der Waals surface area contributed by atoms with E-state index in [0.717, 1.165) is 38.0 Å². The van der Waals surface area contributed by atoms with Crippen LogP contribution >= 0.6 is 0 Å². The Labute approximate surface area is 191 Å². The van der Waals surface area contributed by atoms with Gasteiger partial charge in [-0.15, -0.1) is 0 Å². The molecule has 1 atom stereocenters. The number of carbonyl (C=O) groups is 1. The van der Waals surface area contributed by atoms with Crippen molar-refractivity contribution in [1.82, 2.24) is 14.7 Å². The minimum Gasteiger partial charge on any atom is -0.310 e. The van der Waals surface area contributed by atoms with E-state index in [4.69, 9.17) is 0 Å². The summed E-state index contributed by atoms with van der Waals surface area (Å²) in [5.41, 5.74) is 3.48. The van der Waals surface area contributed by atoms with Crippen molar-refractivity contribution in [3.05, 3.63) is 47.2 Å². The van der Waals surface area contributed by atoms with Gasteiger partial charge in [0.15, 0.2) is 9.84 Å². The molecule has 0 saturated carbocycles. The molecule has 1 aromatic carbocycles. The van der Waals surface area contributed by atoms with Crippen molar-refractivity contribution >= 4 is 21.6 Å². The second kappa shape index (κ2) is 9.75. The molecule has 0 radical (unpaired) electrons. The number of piperidine rings is 1. The van der Waals surface area contributed by atoms with E-state index in [1.54, 1.807) is 4.68 Å². The largest absolute Gasteiger partial charge is 0.310 e. The van der Waals surface area contributed by atoms with Gasteiger partial charge in [0.2, 0.25) is 5.91 Å². The molecule has 1 N–H and O–H groups in total. The first kappa shape index (κ1) is 23.0. The van der Waals surface area contributed by atoms with Gasteiger partial charge in [0.25, 0.3) is 0 Å². The average molecular weight is 459 g/mol. The monoisotopic (exact) mass is 458 g/mol. The molecule has 4 rings (SSSR count). The van der Waals surface area contributed by atoms with Crippen molar-refractivity contribution in [3.63, 3.8) is 0 Å². The highest BCUT2D eigenvalue weighted by atomic mass is 32.2. The van der Waals surface area contributed by atoms with E-state index in [1.165, 1.54) is 17.5 Å². The van der Waals surface area contributed by atoms with E-state index in [-0.39, 0.29) is 23.5 Å². The summed E-state index contributed by atoms with van der Waals surface area (Å²) in [5.74, 6) is 1.52. The Morgan fingerprint density at radius 1 is 1.12 bits per heavy atom. The van der Waals surface area contributed by atoms with Crippen LogP contribution in [-0.4, -0.2) is 60.1 Å². The lowest BCUT2D eigenvalue weighted by Gasteiger charge is -2.31. The lowest BCUT2D eigenvalue weighted by molar-refractivity contribution is -0.117. The standard InChI is InChI=1S/C24H34N4O3S/c1-18-3-5-20(6-4-18)7-8-21-9-12-27(13-10-21)16-24(29)25-23-15-19(2)26-28(23)22-11-14-32(30,31)17-22/h3-6,15,21-22H,7-14,16-17H2,1-2H3,(H,25,29)/t22-/m0/s1. The zero-order valence-corrected chi connectivity index (χ0v) is 19.9. The predicted molar refractivity (Wildman–Crippen MR) is 127 cm³/mol. The maximum atomic E-state index is 12.7. The third kappa shape index (κ3) is 5.98. The SMILES string of the molecule is Cc1ccc(CCC2CCN(CC(=O)Nc3cc(C)nn3[C@H]3CCS(=O)(=O)C3)CC2)cc1. The maximum Gasteiger partial charge on any atom is 0.239 e. The highest BCUT2D eigenvalue weighted by molar-refractivity contribution is 7.91. The number of carbonyl (C=O) groups excluding carboxylic acids is 1. The quantitative estimate of drug-likeness (QED) is 0.689. The number of aromatic nitrogens is 2. The van der Waals surface area contributed by atoms with Gasteiger partial charge < -0.3 is 5.32 Å². The molecule has 0 bridgehead atoms. The fraction of sp³-hybridized carbons (Fsp3) is 0.583. The molecule has 1 amide bonds. The number of amides is 1. The summed E-state index contributed by atoms with van der Waals surface area (Å²) in [4.78, 5) is 14.9. The van der Waals surface area contributed by atoms with E-state index < -0.39 is 9.84 Å². The molecule has 0 unspecified atom stereocenters. The van der Waals surface area contributed by atoms with Gasteiger partial charge in [0.05, 0.1) is 29.8 Å². The van der Waals surface area contributed by atoms with Crippen molar-refractivity contribution in [3.8, 4) is 0 Å². The molecule has 2 saturated heterocycles. The lowest BCUT2D eigenvalue weighted by atomic mass is 9.90. The Balaban J connectivity index is 1.24. The highest BCUT2D eigenvalue weighted by Crippen LogP contribution is 2.27. The molecule has 2 aliphatic heterocycles. The molecule has 3 heterocycles. The molecule has 174 valence electrons. The van der Waals surface area contributed by atoms with Crippen molar-refractivity contribution in [2.75, 3.05) is 36.5 Å². The van der Waals surface area contributed by atoms with Gasteiger partial charge in [0, 0.05) is 6.07 Å². The van der Waals surface area contributed by atoms with Crippen LogP contribution in [-0.2, 0) is 21.1 Å². The van der Waals surface area contributed by atoms with Crippen LogP contribution in [0.4, 0.5) is 5.82 Å². The summed E-state index contributed by atoms with van der Waals surface area (Å²) in [6.45, 7) is 6.20. The van der Waals surface area contributed by atoms with Crippen molar-refractivity contribution < 1.29 is 13.2 Å². The molecule has 2 aliphatic rings. The van der Waals surface area contributed by atoms with Crippen molar-refractivity contribution in [2.24, 2.45) is 5.92 Å². The number of benzene rings is 1. The van der Waals surface area contributed by atoms with Crippen molar-refractivity contribution in [2.45, 2.75) is 52.0 Å². The Bertz CT molecular complexity index is 1040. The number of nitrogens with zero attached hydrogens (tertiary/aromatic N) is 3. The highest BCUT2D eigenvalue weighted by Gasteiger charge is 2.31. The molecular formula is C24H34N4O3S. The van der Waals surface area contributed by atoms with E-state index in [2.05, 4.69) is 46.5 Å². The minimum absolute atomic E-state index is 0.0647. The average Bonchev–Trinajstić information content (AvgIpc) is 3.29. The summed E-state index contributed by atoms with van der Waals surface area (Å²) >= 11 is 0. The number of sulfone groups is 1. The second-order valence-electron chi connectivity index (χ2n) is 9.46. The molecular weight excluding hydrogens is 424 g/mol. The van der Waals surface area contributed by atoms with Crippen LogP contribution in [0.25, 0.3) is 0 Å². The van der Waals surface area contributed by atoms with E-state index in [1.807, 2.05) is 13.0 Å². The first-order chi connectivity index (χ1) is 15.3. The van der Waals surface area contributed by atoms with Gasteiger partial charge in [-0.3, -0.25) is 9.69 Å². The topological polar surface area (TPSA) is 84.3 Å². The molecule has 2 fully saturated rings. The van der Waals surface area contributed by atoms with Crippen LogP contribution < -0.4 is 5.32 Å². The van der Waals surface area contributed by atoms with Crippen molar-refractivity contribution in [1.29, 1.82) is 0 Å². The van der Waals surface area contributed by atoms with E-state index >= 15 is 0 Å². The van der Waals surface area contributed by atoms with Crippen LogP contribution in [0.5, 0.6) is 0 Å². The molecule has 8 heteroatoms. The normalized spacial score (nSPS) is 21.6. The lowest BCUT2D eigenvalue weighted by Crippen LogP contribution is -2.39. The molecule has 1 aromatic heterocycles. The van der Waals surface area contributed by atoms with Crippen LogP contribution in [0.2, 0.25) is 0 Å². The first-order valence-electron chi connectivity index (χ1n) is 11.6. The Morgan fingerprint density at radius 3 is 2.50 bits per heavy atom. The fourth-order valence-corrected chi connectivity index (χ4v) is 6.49. The Hall–Kier alpha value is -2.19.